The highest BCUT2D eigenvalue weighted by molar-refractivity contribution is 6.06. The molecular formula is C36H42O4. The van der Waals surface area contributed by atoms with E-state index in [9.17, 15) is 9.59 Å². The van der Waals surface area contributed by atoms with Crippen LogP contribution in [-0.2, 0) is 16.1 Å². The van der Waals surface area contributed by atoms with Crippen molar-refractivity contribution in [3.8, 4) is 5.75 Å². The Morgan fingerprint density at radius 1 is 0.725 bits per heavy atom. The van der Waals surface area contributed by atoms with Crippen LogP contribution in [0.5, 0.6) is 5.75 Å². The van der Waals surface area contributed by atoms with Crippen molar-refractivity contribution in [2.75, 3.05) is 6.61 Å². The molecule has 4 heteroatoms. The summed E-state index contributed by atoms with van der Waals surface area (Å²) in [6.07, 6.45) is 12.7. The summed E-state index contributed by atoms with van der Waals surface area (Å²) in [7, 11) is 0. The van der Waals surface area contributed by atoms with Gasteiger partial charge < -0.3 is 9.47 Å². The molecule has 0 spiro atoms. The standard InChI is InChI=1S/C36H42O4/c1-29(2)32-22-17-31(18-23-32)28-39-27-13-8-6-4-3-5-7-12-16-36(38)40-34-24-19-30(20-25-34)21-26-35(37)33-14-10-9-11-15-33/h9-11,14-15,17-26H,1,3-8,12-13,16,27-28H2,2H3. The van der Waals surface area contributed by atoms with Gasteiger partial charge in [-0.15, -0.1) is 0 Å². The van der Waals surface area contributed by atoms with Gasteiger partial charge in [-0.1, -0.05) is 123 Å². The second kappa shape index (κ2) is 17.8. The second-order valence-electron chi connectivity index (χ2n) is 10.2. The van der Waals surface area contributed by atoms with Gasteiger partial charge in [-0.3, -0.25) is 9.59 Å². The molecule has 3 aromatic carbocycles. The Morgan fingerprint density at radius 2 is 1.35 bits per heavy atom. The maximum atomic E-state index is 12.2. The van der Waals surface area contributed by atoms with Gasteiger partial charge in [0.15, 0.2) is 5.78 Å². The molecule has 3 aromatic rings. The molecule has 0 aliphatic heterocycles. The van der Waals surface area contributed by atoms with E-state index in [4.69, 9.17) is 9.47 Å². The highest BCUT2D eigenvalue weighted by atomic mass is 16.5. The molecule has 4 nitrogen and oxygen atoms in total. The average molecular weight is 539 g/mol. The van der Waals surface area contributed by atoms with Crippen molar-refractivity contribution in [1.82, 2.24) is 0 Å². The number of hydrogen-bond acceptors (Lipinski definition) is 4. The molecule has 0 unspecified atom stereocenters. The zero-order chi connectivity index (χ0) is 28.4. The van der Waals surface area contributed by atoms with Crippen molar-refractivity contribution in [1.29, 1.82) is 0 Å². The maximum Gasteiger partial charge on any atom is 0.311 e. The van der Waals surface area contributed by atoms with Crippen LogP contribution < -0.4 is 4.74 Å². The molecule has 0 bridgehead atoms. The number of unbranched alkanes of at least 4 members (excludes halogenated alkanes) is 7. The van der Waals surface area contributed by atoms with Crippen LogP contribution in [0.3, 0.4) is 0 Å². The molecule has 210 valence electrons. The molecule has 3 rings (SSSR count). The van der Waals surface area contributed by atoms with Crippen LogP contribution in [0.4, 0.5) is 0 Å². The van der Waals surface area contributed by atoms with Gasteiger partial charge in [-0.2, -0.15) is 0 Å². The Hall–Kier alpha value is -3.76. The summed E-state index contributed by atoms with van der Waals surface area (Å²) >= 11 is 0. The molecule has 0 saturated carbocycles. The fraction of sp³-hybridized carbons (Fsp3) is 0.333. The lowest BCUT2D eigenvalue weighted by Gasteiger charge is -2.06. The van der Waals surface area contributed by atoms with Crippen molar-refractivity contribution in [2.45, 2.75) is 71.3 Å². The molecule has 0 saturated heterocycles. The molecule has 0 aliphatic rings. The second-order valence-corrected chi connectivity index (χ2v) is 10.2. The number of benzene rings is 3. The zero-order valence-electron chi connectivity index (χ0n) is 23.8. The quantitative estimate of drug-likeness (QED) is 0.0532. The number of hydrogen-bond donors (Lipinski definition) is 0. The first kappa shape index (κ1) is 30.8. The van der Waals surface area contributed by atoms with E-state index in [0.29, 0.717) is 24.3 Å². The lowest BCUT2D eigenvalue weighted by Crippen LogP contribution is -2.07. The highest BCUT2D eigenvalue weighted by Crippen LogP contribution is 2.16. The largest absolute Gasteiger partial charge is 0.427 e. The number of ether oxygens (including phenoxy) is 2. The summed E-state index contributed by atoms with van der Waals surface area (Å²) in [6.45, 7) is 7.45. The molecular weight excluding hydrogens is 496 g/mol. The van der Waals surface area contributed by atoms with E-state index < -0.39 is 0 Å². The number of carbonyl (C=O) groups excluding carboxylic acids is 2. The number of carbonyl (C=O) groups is 2. The van der Waals surface area contributed by atoms with Crippen LogP contribution in [0.2, 0.25) is 0 Å². The van der Waals surface area contributed by atoms with Crippen LogP contribution in [0.1, 0.15) is 91.8 Å². The normalized spacial score (nSPS) is 11.0. The van der Waals surface area contributed by atoms with Crippen molar-refractivity contribution in [3.05, 3.63) is 114 Å². The summed E-state index contributed by atoms with van der Waals surface area (Å²) in [6, 6.07) is 24.8. The zero-order valence-corrected chi connectivity index (χ0v) is 23.8. The lowest BCUT2D eigenvalue weighted by atomic mass is 10.1. The number of allylic oxidation sites excluding steroid dienone is 2. The van der Waals surface area contributed by atoms with E-state index in [1.54, 1.807) is 36.4 Å². The van der Waals surface area contributed by atoms with E-state index in [2.05, 4.69) is 30.8 Å². The fourth-order valence-electron chi connectivity index (χ4n) is 4.31. The summed E-state index contributed by atoms with van der Waals surface area (Å²) in [5.41, 5.74) is 4.99. The maximum absolute atomic E-state index is 12.2. The summed E-state index contributed by atoms with van der Waals surface area (Å²) in [5.74, 6) is 0.286. The van der Waals surface area contributed by atoms with Crippen LogP contribution in [-0.4, -0.2) is 18.4 Å². The van der Waals surface area contributed by atoms with Gasteiger partial charge in [0, 0.05) is 18.6 Å². The SMILES string of the molecule is C=C(C)c1ccc(COCCCCCCCCCCC(=O)Oc2ccc(C=CC(=O)c3ccccc3)cc2)cc1. The van der Waals surface area contributed by atoms with Gasteiger partial charge in [-0.05, 0) is 54.7 Å². The van der Waals surface area contributed by atoms with Crippen molar-refractivity contribution < 1.29 is 19.1 Å². The highest BCUT2D eigenvalue weighted by Gasteiger charge is 2.05. The van der Waals surface area contributed by atoms with E-state index in [-0.39, 0.29) is 11.8 Å². The third kappa shape index (κ3) is 12.0. The monoisotopic (exact) mass is 538 g/mol. The van der Waals surface area contributed by atoms with Gasteiger partial charge in [0.05, 0.1) is 6.61 Å². The van der Waals surface area contributed by atoms with Crippen LogP contribution in [0, 0.1) is 0 Å². The Labute approximate surface area is 239 Å². The molecule has 0 N–H and O–H groups in total. The summed E-state index contributed by atoms with van der Waals surface area (Å²) < 4.78 is 11.3. The molecule has 0 radical (unpaired) electrons. The minimum absolute atomic E-state index is 0.0432. The molecule has 0 aromatic heterocycles. The van der Waals surface area contributed by atoms with Gasteiger partial charge in [0.2, 0.25) is 0 Å². The first-order valence-electron chi connectivity index (χ1n) is 14.4. The van der Waals surface area contributed by atoms with Crippen LogP contribution in [0.25, 0.3) is 11.6 Å². The predicted octanol–water partition coefficient (Wildman–Crippen LogP) is 9.25. The smallest absolute Gasteiger partial charge is 0.311 e. The number of rotatable bonds is 18. The molecule has 0 aliphatic carbocycles. The van der Waals surface area contributed by atoms with E-state index in [1.807, 2.05) is 37.3 Å². The van der Waals surface area contributed by atoms with Crippen molar-refractivity contribution >= 4 is 23.4 Å². The first-order chi connectivity index (χ1) is 19.5. The van der Waals surface area contributed by atoms with Gasteiger partial charge in [0.1, 0.15) is 5.75 Å². The lowest BCUT2D eigenvalue weighted by molar-refractivity contribution is -0.134. The third-order valence-electron chi connectivity index (χ3n) is 6.73. The summed E-state index contributed by atoms with van der Waals surface area (Å²) in [5, 5.41) is 0. The van der Waals surface area contributed by atoms with Crippen molar-refractivity contribution in [2.24, 2.45) is 0 Å². The minimum Gasteiger partial charge on any atom is -0.427 e. The summed E-state index contributed by atoms with van der Waals surface area (Å²) in [4.78, 5) is 24.3. The average Bonchev–Trinajstić information content (AvgIpc) is 2.98. The van der Waals surface area contributed by atoms with Gasteiger partial charge in [0.25, 0.3) is 0 Å². The Morgan fingerprint density at radius 3 is 2.00 bits per heavy atom. The molecule has 0 heterocycles. The van der Waals surface area contributed by atoms with Crippen LogP contribution >= 0.6 is 0 Å². The minimum atomic E-state index is -0.200. The third-order valence-corrected chi connectivity index (χ3v) is 6.73. The van der Waals surface area contributed by atoms with Crippen molar-refractivity contribution in [3.63, 3.8) is 0 Å². The molecule has 40 heavy (non-hydrogen) atoms. The predicted molar refractivity (Wildman–Crippen MR) is 164 cm³/mol. The van der Waals surface area contributed by atoms with Gasteiger partial charge in [-0.25, -0.2) is 0 Å². The van der Waals surface area contributed by atoms with Gasteiger partial charge >= 0.3 is 5.97 Å². The molecule has 0 atom stereocenters. The van der Waals surface area contributed by atoms with E-state index >= 15 is 0 Å². The van der Waals surface area contributed by atoms with Crippen LogP contribution in [0.15, 0.2) is 91.5 Å². The number of ketones is 1. The number of esters is 1. The molecule has 0 amide bonds. The van der Waals surface area contributed by atoms with E-state index in [0.717, 1.165) is 43.4 Å². The Kier molecular flexibility index (Phi) is 13.7. The Balaban J connectivity index is 1.16. The molecule has 0 fully saturated rings. The Bertz CT molecular complexity index is 1210. The topological polar surface area (TPSA) is 52.6 Å². The van der Waals surface area contributed by atoms with E-state index in [1.165, 1.54) is 36.8 Å². The fourth-order valence-corrected chi connectivity index (χ4v) is 4.31. The first-order valence-corrected chi connectivity index (χ1v) is 14.4.